The van der Waals surface area contributed by atoms with Crippen molar-refractivity contribution in [1.82, 2.24) is 0 Å². The van der Waals surface area contributed by atoms with Gasteiger partial charge in [-0.1, -0.05) is 30.3 Å². The second-order valence-electron chi connectivity index (χ2n) is 2.89. The van der Waals surface area contributed by atoms with E-state index in [1.165, 1.54) is 24.3 Å². The number of ketones is 2. The van der Waals surface area contributed by atoms with Crippen LogP contribution in [0.2, 0.25) is 0 Å². The standard InChI is InChI=1S/C10H7F3O2.Eu/c11-10(12,13)9(15)6-8(14)7-4-2-1-3-5-7;/h1-5H,6H2;. The molecule has 0 saturated heterocycles. The molecule has 0 aliphatic rings. The Kier molecular flexibility index (Phi) is 6.59. The van der Waals surface area contributed by atoms with E-state index in [0.29, 0.717) is 0 Å². The molecule has 0 spiro atoms. The van der Waals surface area contributed by atoms with Crippen molar-refractivity contribution in [3.8, 4) is 0 Å². The van der Waals surface area contributed by atoms with Gasteiger partial charge in [0.05, 0.1) is 6.42 Å². The average molecular weight is 368 g/mol. The molecule has 1 rings (SSSR count). The first-order chi connectivity index (χ1) is 6.91. The molecule has 0 N–H and O–H groups in total. The van der Waals surface area contributed by atoms with Crippen LogP contribution in [0.4, 0.5) is 13.2 Å². The predicted octanol–water partition coefficient (Wildman–Crippen LogP) is 2.39. The van der Waals surface area contributed by atoms with Gasteiger partial charge in [0.2, 0.25) is 5.78 Å². The molecule has 0 unspecified atom stereocenters. The van der Waals surface area contributed by atoms with Crippen molar-refractivity contribution in [2.45, 2.75) is 12.6 Å². The van der Waals surface area contributed by atoms with Crippen molar-refractivity contribution < 1.29 is 72.1 Å². The zero-order chi connectivity index (χ0) is 11.5. The second kappa shape index (κ2) is 6.62. The number of hydrogen-bond donors (Lipinski definition) is 0. The zero-order valence-corrected chi connectivity index (χ0v) is 10.3. The van der Waals surface area contributed by atoms with Gasteiger partial charge in [-0.3, -0.25) is 9.59 Å². The van der Waals surface area contributed by atoms with Crippen LogP contribution in [0, 0.1) is 49.4 Å². The fraction of sp³-hybridized carbons (Fsp3) is 0.200. The van der Waals surface area contributed by atoms with Crippen LogP contribution < -0.4 is 0 Å². The summed E-state index contributed by atoms with van der Waals surface area (Å²) in [6.45, 7) is 0. The Balaban J connectivity index is 0.00000225. The molecule has 0 aromatic heterocycles. The Hall–Kier alpha value is -0.0656. The van der Waals surface area contributed by atoms with Gasteiger partial charge >= 0.3 is 6.18 Å². The number of rotatable bonds is 3. The molecule has 0 bridgehead atoms. The third kappa shape index (κ3) is 4.85. The molecule has 1 radical (unpaired) electrons. The van der Waals surface area contributed by atoms with Gasteiger partial charge in [-0.25, -0.2) is 0 Å². The van der Waals surface area contributed by atoms with Gasteiger partial charge in [0.15, 0.2) is 5.78 Å². The minimum absolute atomic E-state index is 0. The summed E-state index contributed by atoms with van der Waals surface area (Å²) in [4.78, 5) is 21.7. The molecular formula is C10H7EuF3O2. The van der Waals surface area contributed by atoms with E-state index in [0.717, 1.165) is 0 Å². The van der Waals surface area contributed by atoms with Gasteiger partial charge in [-0.15, -0.1) is 0 Å². The van der Waals surface area contributed by atoms with Crippen molar-refractivity contribution >= 4 is 11.6 Å². The van der Waals surface area contributed by atoms with Gasteiger partial charge in [0.25, 0.3) is 0 Å². The van der Waals surface area contributed by atoms with Crippen LogP contribution in [-0.2, 0) is 4.79 Å². The Morgan fingerprint density at radius 1 is 1.06 bits per heavy atom. The third-order valence-electron chi connectivity index (χ3n) is 1.73. The minimum Gasteiger partial charge on any atom is -0.294 e. The van der Waals surface area contributed by atoms with Gasteiger partial charge in [0, 0.05) is 54.9 Å². The minimum atomic E-state index is -4.94. The van der Waals surface area contributed by atoms with Crippen molar-refractivity contribution in [1.29, 1.82) is 0 Å². The normalized spacial score (nSPS) is 10.4. The summed E-state index contributed by atoms with van der Waals surface area (Å²) in [6.07, 6.45) is -6.07. The SMILES string of the molecule is O=C(CC(=O)C(F)(F)F)c1ccccc1.[Eu]. The van der Waals surface area contributed by atoms with Gasteiger partial charge < -0.3 is 0 Å². The molecule has 0 fully saturated rings. The van der Waals surface area contributed by atoms with E-state index < -0.39 is 24.2 Å². The first kappa shape index (κ1) is 15.9. The van der Waals surface area contributed by atoms with Gasteiger partial charge in [-0.05, 0) is 0 Å². The van der Waals surface area contributed by atoms with E-state index in [-0.39, 0.29) is 54.9 Å². The number of hydrogen-bond acceptors (Lipinski definition) is 2. The maximum atomic E-state index is 11.8. The van der Waals surface area contributed by atoms with E-state index in [1.807, 2.05) is 0 Å². The molecule has 87 valence electrons. The summed E-state index contributed by atoms with van der Waals surface area (Å²) in [5, 5.41) is 0. The summed E-state index contributed by atoms with van der Waals surface area (Å²) >= 11 is 0. The van der Waals surface area contributed by atoms with Crippen molar-refractivity contribution in [2.75, 3.05) is 0 Å². The fourth-order valence-electron chi connectivity index (χ4n) is 0.972. The number of Topliss-reactive ketones (excluding diaryl/α,β-unsaturated/α-hetero) is 2. The maximum Gasteiger partial charge on any atom is 0.450 e. The largest absolute Gasteiger partial charge is 0.450 e. The van der Waals surface area contributed by atoms with Crippen molar-refractivity contribution in [3.05, 3.63) is 35.9 Å². The van der Waals surface area contributed by atoms with Crippen LogP contribution >= 0.6 is 0 Å². The summed E-state index contributed by atoms with van der Waals surface area (Å²) in [5.41, 5.74) is 0.107. The monoisotopic (exact) mass is 369 g/mol. The van der Waals surface area contributed by atoms with Crippen LogP contribution in [0.5, 0.6) is 0 Å². The number of halogens is 3. The fourth-order valence-corrected chi connectivity index (χ4v) is 0.972. The van der Waals surface area contributed by atoms with Crippen LogP contribution in [0.1, 0.15) is 16.8 Å². The quantitative estimate of drug-likeness (QED) is 0.607. The zero-order valence-electron chi connectivity index (χ0n) is 7.92. The summed E-state index contributed by atoms with van der Waals surface area (Å²) < 4.78 is 35.5. The number of carbonyl (C=O) groups excluding carboxylic acids is 2. The summed E-state index contributed by atoms with van der Waals surface area (Å²) in [7, 11) is 0. The topological polar surface area (TPSA) is 34.1 Å². The van der Waals surface area contributed by atoms with E-state index in [4.69, 9.17) is 0 Å². The number of carbonyl (C=O) groups is 2. The van der Waals surface area contributed by atoms with E-state index in [2.05, 4.69) is 0 Å². The molecule has 1 aromatic carbocycles. The first-order valence-electron chi connectivity index (χ1n) is 4.09. The molecule has 1 aromatic rings. The Bertz CT molecular complexity index is 373. The van der Waals surface area contributed by atoms with Crippen molar-refractivity contribution in [3.63, 3.8) is 0 Å². The Morgan fingerprint density at radius 2 is 1.56 bits per heavy atom. The maximum absolute atomic E-state index is 11.8. The Morgan fingerprint density at radius 3 is 2.00 bits per heavy atom. The van der Waals surface area contributed by atoms with Crippen LogP contribution in [-0.4, -0.2) is 17.7 Å². The first-order valence-corrected chi connectivity index (χ1v) is 4.09. The molecule has 16 heavy (non-hydrogen) atoms. The number of benzene rings is 1. The number of alkyl halides is 3. The average Bonchev–Trinajstić information content (AvgIpc) is 2.17. The molecular weight excluding hydrogens is 361 g/mol. The molecule has 0 heterocycles. The van der Waals surface area contributed by atoms with Crippen LogP contribution in [0.25, 0.3) is 0 Å². The van der Waals surface area contributed by atoms with Crippen LogP contribution in [0.3, 0.4) is 0 Å². The van der Waals surface area contributed by atoms with E-state index >= 15 is 0 Å². The molecule has 0 aliphatic carbocycles. The van der Waals surface area contributed by atoms with E-state index in [9.17, 15) is 22.8 Å². The molecule has 6 heteroatoms. The van der Waals surface area contributed by atoms with Crippen LogP contribution in [0.15, 0.2) is 30.3 Å². The molecule has 0 amide bonds. The second-order valence-corrected chi connectivity index (χ2v) is 2.89. The third-order valence-corrected chi connectivity index (χ3v) is 1.73. The smallest absolute Gasteiger partial charge is 0.294 e. The molecule has 0 saturated carbocycles. The van der Waals surface area contributed by atoms with Gasteiger partial charge in [-0.2, -0.15) is 13.2 Å². The molecule has 0 aliphatic heterocycles. The summed E-state index contributed by atoms with van der Waals surface area (Å²) in [5.74, 6) is -2.84. The van der Waals surface area contributed by atoms with E-state index in [1.54, 1.807) is 6.07 Å². The van der Waals surface area contributed by atoms with Crippen molar-refractivity contribution in [2.24, 2.45) is 0 Å². The molecule has 2 nitrogen and oxygen atoms in total. The summed E-state index contributed by atoms with van der Waals surface area (Å²) in [6, 6.07) is 7.40. The Labute approximate surface area is 131 Å². The predicted molar refractivity (Wildman–Crippen MR) is 46.5 cm³/mol. The molecule has 0 atom stereocenters. The van der Waals surface area contributed by atoms with Gasteiger partial charge in [0.1, 0.15) is 0 Å².